The number of methoxy groups -OCH3 is 4. The van der Waals surface area contributed by atoms with Crippen molar-refractivity contribution in [3.8, 4) is 67.5 Å². The predicted molar refractivity (Wildman–Crippen MR) is 189 cm³/mol. The van der Waals surface area contributed by atoms with Gasteiger partial charge in [-0.15, -0.1) is 0 Å². The number of rotatable bonds is 8. The SMILES string of the molecule is COc1ccccc1-c1c(-c2ccccc2OC)c(-c2ccccc2OC)c2cc3ccccc3cc2c1-c1ccccc1OC. The smallest absolute Gasteiger partial charge is 0.126 e. The molecule has 4 nitrogen and oxygen atoms in total. The second kappa shape index (κ2) is 12.3. The lowest BCUT2D eigenvalue weighted by atomic mass is 9.77. The van der Waals surface area contributed by atoms with Gasteiger partial charge in [0.2, 0.25) is 0 Å². The van der Waals surface area contributed by atoms with Crippen molar-refractivity contribution in [1.82, 2.24) is 0 Å². The zero-order chi connectivity index (χ0) is 31.6. The second-order valence-electron chi connectivity index (χ2n) is 11.0. The average molecular weight is 603 g/mol. The van der Waals surface area contributed by atoms with E-state index in [0.717, 1.165) is 89.1 Å². The van der Waals surface area contributed by atoms with Crippen LogP contribution >= 0.6 is 0 Å². The Labute approximate surface area is 269 Å². The maximum absolute atomic E-state index is 6.08. The lowest BCUT2D eigenvalue weighted by Gasteiger charge is -2.27. The van der Waals surface area contributed by atoms with E-state index in [0.29, 0.717) is 0 Å². The van der Waals surface area contributed by atoms with Crippen molar-refractivity contribution in [2.75, 3.05) is 28.4 Å². The first-order valence-corrected chi connectivity index (χ1v) is 15.2. The summed E-state index contributed by atoms with van der Waals surface area (Å²) >= 11 is 0. The third-order valence-electron chi connectivity index (χ3n) is 8.68. The molecule has 0 spiro atoms. The number of fused-ring (bicyclic) bond motifs is 2. The van der Waals surface area contributed by atoms with Crippen molar-refractivity contribution < 1.29 is 18.9 Å². The lowest BCUT2D eigenvalue weighted by molar-refractivity contribution is 0.415. The van der Waals surface area contributed by atoms with Gasteiger partial charge in [0.15, 0.2) is 0 Å². The molecule has 0 radical (unpaired) electrons. The van der Waals surface area contributed by atoms with Gasteiger partial charge in [-0.05, 0) is 57.9 Å². The van der Waals surface area contributed by atoms with E-state index in [9.17, 15) is 0 Å². The van der Waals surface area contributed by atoms with Crippen LogP contribution in [0, 0.1) is 0 Å². The first-order valence-electron chi connectivity index (χ1n) is 15.2. The predicted octanol–water partition coefficient (Wildman–Crippen LogP) is 10.7. The highest BCUT2D eigenvalue weighted by Gasteiger charge is 2.29. The number of hydrogen-bond acceptors (Lipinski definition) is 4. The van der Waals surface area contributed by atoms with Gasteiger partial charge in [0, 0.05) is 44.5 Å². The molecule has 0 amide bonds. The van der Waals surface area contributed by atoms with Gasteiger partial charge in [0.05, 0.1) is 28.4 Å². The summed E-state index contributed by atoms with van der Waals surface area (Å²) in [6.07, 6.45) is 0. The Morgan fingerprint density at radius 2 is 0.565 bits per heavy atom. The average Bonchev–Trinajstić information content (AvgIpc) is 3.13. The molecule has 0 aliphatic rings. The molecule has 0 aliphatic carbocycles. The molecule has 0 bridgehead atoms. The Morgan fingerprint density at radius 1 is 0.304 bits per heavy atom. The number of ether oxygens (including phenoxy) is 4. The van der Waals surface area contributed by atoms with Crippen LogP contribution in [0.3, 0.4) is 0 Å². The quantitative estimate of drug-likeness (QED) is 0.162. The van der Waals surface area contributed by atoms with E-state index in [1.807, 2.05) is 48.5 Å². The first-order chi connectivity index (χ1) is 22.7. The van der Waals surface area contributed by atoms with E-state index < -0.39 is 0 Å². The molecular weight excluding hydrogens is 568 g/mol. The normalized spacial score (nSPS) is 11.0. The molecule has 7 aromatic carbocycles. The lowest BCUT2D eigenvalue weighted by Crippen LogP contribution is -2.01. The zero-order valence-corrected chi connectivity index (χ0v) is 26.3. The molecule has 226 valence electrons. The molecule has 4 heteroatoms. The maximum atomic E-state index is 6.08. The van der Waals surface area contributed by atoms with Gasteiger partial charge in [-0.1, -0.05) is 97.1 Å². The minimum atomic E-state index is 0.765. The summed E-state index contributed by atoms with van der Waals surface area (Å²) in [4.78, 5) is 0. The first kappa shape index (κ1) is 29.0. The standard InChI is InChI=1S/C42H34O4/c1-43-35-21-11-7-17-29(35)39-33-25-27-15-5-6-16-28(27)26-34(33)40(30-18-8-12-22-36(30)44-2)42(32-20-10-14-24-38(32)46-4)41(39)31-19-9-13-23-37(31)45-3/h5-26H,1-4H3. The fraction of sp³-hybridized carbons (Fsp3) is 0.0952. The molecular formula is C42H34O4. The van der Waals surface area contributed by atoms with E-state index in [1.165, 1.54) is 0 Å². The zero-order valence-electron chi connectivity index (χ0n) is 26.3. The molecule has 0 heterocycles. The summed E-state index contributed by atoms with van der Waals surface area (Å²) in [6.45, 7) is 0. The van der Waals surface area contributed by atoms with Crippen LogP contribution in [0.2, 0.25) is 0 Å². The summed E-state index contributed by atoms with van der Waals surface area (Å²) in [6, 6.07) is 46.0. The largest absolute Gasteiger partial charge is 0.496 e. The van der Waals surface area contributed by atoms with Crippen molar-refractivity contribution in [3.05, 3.63) is 133 Å². The summed E-state index contributed by atoms with van der Waals surface area (Å²) in [7, 11) is 6.90. The fourth-order valence-electron chi connectivity index (χ4n) is 6.68. The van der Waals surface area contributed by atoms with Crippen LogP contribution in [-0.2, 0) is 0 Å². The molecule has 0 aromatic heterocycles. The molecule has 7 aromatic rings. The Morgan fingerprint density at radius 3 is 0.870 bits per heavy atom. The Kier molecular flexibility index (Phi) is 7.78. The van der Waals surface area contributed by atoms with Crippen LogP contribution in [0.1, 0.15) is 0 Å². The highest BCUT2D eigenvalue weighted by molar-refractivity contribution is 6.22. The third-order valence-corrected chi connectivity index (χ3v) is 8.68. The van der Waals surface area contributed by atoms with Crippen LogP contribution in [0.5, 0.6) is 23.0 Å². The molecule has 0 saturated heterocycles. The number of benzene rings is 7. The van der Waals surface area contributed by atoms with Crippen LogP contribution in [0.4, 0.5) is 0 Å². The van der Waals surface area contributed by atoms with Crippen LogP contribution in [-0.4, -0.2) is 28.4 Å². The molecule has 0 unspecified atom stereocenters. The van der Waals surface area contributed by atoms with Crippen molar-refractivity contribution in [2.24, 2.45) is 0 Å². The maximum Gasteiger partial charge on any atom is 0.126 e. The molecule has 0 N–H and O–H groups in total. The fourth-order valence-corrected chi connectivity index (χ4v) is 6.68. The Balaban J connectivity index is 1.86. The minimum absolute atomic E-state index is 0.765. The van der Waals surface area contributed by atoms with Crippen molar-refractivity contribution in [1.29, 1.82) is 0 Å². The number of hydrogen-bond donors (Lipinski definition) is 0. The van der Waals surface area contributed by atoms with Gasteiger partial charge in [0.25, 0.3) is 0 Å². The van der Waals surface area contributed by atoms with Crippen LogP contribution in [0.25, 0.3) is 66.1 Å². The van der Waals surface area contributed by atoms with Crippen molar-refractivity contribution in [2.45, 2.75) is 0 Å². The van der Waals surface area contributed by atoms with Gasteiger partial charge in [-0.2, -0.15) is 0 Å². The van der Waals surface area contributed by atoms with Crippen LogP contribution in [0.15, 0.2) is 133 Å². The van der Waals surface area contributed by atoms with Gasteiger partial charge in [-0.25, -0.2) is 0 Å². The van der Waals surface area contributed by atoms with Gasteiger partial charge >= 0.3 is 0 Å². The van der Waals surface area contributed by atoms with Gasteiger partial charge in [0.1, 0.15) is 23.0 Å². The molecule has 7 rings (SSSR count). The van der Waals surface area contributed by atoms with Gasteiger partial charge < -0.3 is 18.9 Å². The molecule has 0 saturated carbocycles. The highest BCUT2D eigenvalue weighted by Crippen LogP contribution is 2.56. The minimum Gasteiger partial charge on any atom is -0.496 e. The third kappa shape index (κ3) is 4.79. The van der Waals surface area contributed by atoms with E-state index in [1.54, 1.807) is 28.4 Å². The number of para-hydroxylation sites is 4. The summed E-state index contributed by atoms with van der Waals surface area (Å²) in [5.41, 5.74) is 7.98. The molecule has 0 atom stereocenters. The van der Waals surface area contributed by atoms with E-state index in [4.69, 9.17) is 18.9 Å². The van der Waals surface area contributed by atoms with Crippen molar-refractivity contribution >= 4 is 21.5 Å². The van der Waals surface area contributed by atoms with Crippen LogP contribution < -0.4 is 18.9 Å². The molecule has 0 aliphatic heterocycles. The van der Waals surface area contributed by atoms with E-state index in [-0.39, 0.29) is 0 Å². The van der Waals surface area contributed by atoms with Gasteiger partial charge in [-0.3, -0.25) is 0 Å². The van der Waals surface area contributed by atoms with E-state index >= 15 is 0 Å². The summed E-state index contributed by atoms with van der Waals surface area (Å²) < 4.78 is 24.3. The van der Waals surface area contributed by atoms with Crippen molar-refractivity contribution in [3.63, 3.8) is 0 Å². The molecule has 0 fully saturated rings. The Bertz CT molecular complexity index is 2060. The monoisotopic (exact) mass is 602 g/mol. The second-order valence-corrected chi connectivity index (χ2v) is 11.0. The highest BCUT2D eigenvalue weighted by atomic mass is 16.5. The molecule has 46 heavy (non-hydrogen) atoms. The Hall–Kier alpha value is -5.74. The van der Waals surface area contributed by atoms with E-state index in [2.05, 4.69) is 84.9 Å². The summed E-state index contributed by atoms with van der Waals surface area (Å²) in [5, 5.41) is 4.47. The summed E-state index contributed by atoms with van der Waals surface area (Å²) in [5.74, 6) is 3.09. The topological polar surface area (TPSA) is 36.9 Å².